The van der Waals surface area contributed by atoms with Crippen molar-refractivity contribution in [2.45, 2.75) is 25.7 Å². The lowest BCUT2D eigenvalue weighted by Gasteiger charge is -2.14. The molecule has 0 aromatic carbocycles. The molecule has 0 radical (unpaired) electrons. The number of hydrogen-bond donors (Lipinski definition) is 3. The Kier molecular flexibility index (Phi) is 3.54. The maximum absolute atomic E-state index is 11.7. The number of nitrogens with one attached hydrogen (secondary N) is 1. The van der Waals surface area contributed by atoms with Crippen molar-refractivity contribution in [3.05, 3.63) is 32.6 Å². The van der Waals surface area contributed by atoms with Gasteiger partial charge in [0.15, 0.2) is 0 Å². The van der Waals surface area contributed by atoms with Gasteiger partial charge in [-0.05, 0) is 6.92 Å². The first-order valence-corrected chi connectivity index (χ1v) is 5.75. The molecule has 0 saturated carbocycles. The average molecular weight is 270 g/mol. The lowest BCUT2D eigenvalue weighted by Crippen LogP contribution is -2.33. The molecule has 19 heavy (non-hydrogen) atoms. The summed E-state index contributed by atoms with van der Waals surface area (Å²) >= 11 is 0. The smallest absolute Gasteiger partial charge is 0.330 e. The van der Waals surface area contributed by atoms with Crippen LogP contribution in [0.25, 0.3) is 0 Å². The summed E-state index contributed by atoms with van der Waals surface area (Å²) < 4.78 is 6.50. The third kappa shape index (κ3) is 2.45. The zero-order valence-corrected chi connectivity index (χ0v) is 10.2. The number of rotatable bonds is 3. The highest BCUT2D eigenvalue weighted by Gasteiger charge is 2.40. The van der Waals surface area contributed by atoms with Crippen molar-refractivity contribution in [2.75, 3.05) is 6.61 Å². The predicted octanol–water partition coefficient (Wildman–Crippen LogP) is -1.17. The number of H-pyrrole nitrogens is 1. The van der Waals surface area contributed by atoms with Gasteiger partial charge in [-0.25, -0.2) is 4.79 Å². The maximum atomic E-state index is 11.7. The molecule has 8 nitrogen and oxygen atoms in total. The number of ether oxygens (including phenoxy) is 1. The fourth-order valence-electron chi connectivity index (χ4n) is 2.13. The SMILES string of the molecule is Cc1cn([C@H]2C[C@@H](C(=O)O)[C@@H](CO)O2)c(=O)[nH]c1=O. The summed E-state index contributed by atoms with van der Waals surface area (Å²) in [6, 6.07) is 0. The third-order valence-electron chi connectivity index (χ3n) is 3.19. The van der Waals surface area contributed by atoms with Crippen LogP contribution in [0, 0.1) is 12.8 Å². The van der Waals surface area contributed by atoms with Gasteiger partial charge in [-0.1, -0.05) is 0 Å². The largest absolute Gasteiger partial charge is 0.481 e. The van der Waals surface area contributed by atoms with E-state index in [0.29, 0.717) is 5.56 Å². The minimum atomic E-state index is -1.09. The molecule has 2 heterocycles. The quantitative estimate of drug-likeness (QED) is 0.636. The first-order valence-electron chi connectivity index (χ1n) is 5.75. The highest BCUT2D eigenvalue weighted by Crippen LogP contribution is 2.32. The van der Waals surface area contributed by atoms with Crippen LogP contribution in [0.5, 0.6) is 0 Å². The van der Waals surface area contributed by atoms with E-state index in [9.17, 15) is 14.4 Å². The normalized spacial score (nSPS) is 26.5. The van der Waals surface area contributed by atoms with Gasteiger partial charge in [-0.15, -0.1) is 0 Å². The van der Waals surface area contributed by atoms with Crippen LogP contribution in [0.4, 0.5) is 0 Å². The van der Waals surface area contributed by atoms with Gasteiger partial charge < -0.3 is 14.9 Å². The number of aromatic amines is 1. The van der Waals surface area contributed by atoms with Crippen LogP contribution in [0.1, 0.15) is 18.2 Å². The Morgan fingerprint density at radius 2 is 2.26 bits per heavy atom. The summed E-state index contributed by atoms with van der Waals surface area (Å²) in [5, 5.41) is 18.1. The second-order valence-corrected chi connectivity index (χ2v) is 4.47. The first kappa shape index (κ1) is 13.5. The van der Waals surface area contributed by atoms with Crippen molar-refractivity contribution in [1.82, 2.24) is 9.55 Å². The third-order valence-corrected chi connectivity index (χ3v) is 3.19. The predicted molar refractivity (Wildman–Crippen MR) is 62.8 cm³/mol. The summed E-state index contributed by atoms with van der Waals surface area (Å²) in [6.07, 6.45) is -0.279. The summed E-state index contributed by atoms with van der Waals surface area (Å²) in [6.45, 7) is 1.09. The molecule has 1 aliphatic heterocycles. The van der Waals surface area contributed by atoms with E-state index in [4.69, 9.17) is 14.9 Å². The fraction of sp³-hybridized carbons (Fsp3) is 0.545. The van der Waals surface area contributed by atoms with Gasteiger partial charge in [0.05, 0.1) is 18.6 Å². The molecule has 1 saturated heterocycles. The number of aryl methyl sites for hydroxylation is 1. The fourth-order valence-corrected chi connectivity index (χ4v) is 2.13. The van der Waals surface area contributed by atoms with E-state index in [1.165, 1.54) is 13.1 Å². The Hall–Kier alpha value is -1.93. The Balaban J connectivity index is 2.35. The monoisotopic (exact) mass is 270 g/mol. The Bertz CT molecular complexity index is 604. The lowest BCUT2D eigenvalue weighted by atomic mass is 10.0. The van der Waals surface area contributed by atoms with E-state index in [-0.39, 0.29) is 6.42 Å². The zero-order valence-electron chi connectivity index (χ0n) is 10.2. The van der Waals surface area contributed by atoms with Gasteiger partial charge in [0.25, 0.3) is 5.56 Å². The molecule has 1 aliphatic rings. The van der Waals surface area contributed by atoms with Crippen LogP contribution in [0.3, 0.4) is 0 Å². The van der Waals surface area contributed by atoms with Gasteiger partial charge in [0, 0.05) is 18.2 Å². The molecule has 0 amide bonds. The van der Waals surface area contributed by atoms with Crippen LogP contribution >= 0.6 is 0 Å². The van der Waals surface area contributed by atoms with Crippen LogP contribution in [-0.4, -0.2) is 38.4 Å². The molecule has 8 heteroatoms. The van der Waals surface area contributed by atoms with E-state index in [1.54, 1.807) is 0 Å². The second kappa shape index (κ2) is 4.98. The van der Waals surface area contributed by atoms with Crippen molar-refractivity contribution in [1.29, 1.82) is 0 Å². The number of aliphatic carboxylic acids is 1. The van der Waals surface area contributed by atoms with Crippen molar-refractivity contribution in [3.63, 3.8) is 0 Å². The Labute approximate surface area is 107 Å². The van der Waals surface area contributed by atoms with Crippen LogP contribution in [0.2, 0.25) is 0 Å². The van der Waals surface area contributed by atoms with Gasteiger partial charge in [0.2, 0.25) is 0 Å². The lowest BCUT2D eigenvalue weighted by molar-refractivity contribution is -0.144. The standard InChI is InChI=1S/C11H14N2O6/c1-5-3-13(11(18)12-9(5)15)8-2-6(10(16)17)7(4-14)19-8/h3,6-8,14H,2,4H2,1H3,(H,16,17)(H,12,15,18)/t6-,7-,8-/m1/s1. The molecule has 0 aliphatic carbocycles. The summed E-state index contributed by atoms with van der Waals surface area (Å²) in [5.74, 6) is -1.97. The van der Waals surface area contributed by atoms with Gasteiger partial charge in [0.1, 0.15) is 6.23 Å². The molecule has 0 bridgehead atoms. The Morgan fingerprint density at radius 1 is 1.58 bits per heavy atom. The molecular formula is C11H14N2O6. The average Bonchev–Trinajstić information content (AvgIpc) is 2.77. The summed E-state index contributed by atoms with van der Waals surface area (Å²) in [5.41, 5.74) is -0.835. The number of aliphatic hydroxyl groups is 1. The summed E-state index contributed by atoms with van der Waals surface area (Å²) in [4.78, 5) is 36.1. The van der Waals surface area contributed by atoms with E-state index < -0.39 is 42.1 Å². The van der Waals surface area contributed by atoms with Crippen molar-refractivity contribution >= 4 is 5.97 Å². The van der Waals surface area contributed by atoms with Crippen LogP contribution < -0.4 is 11.2 Å². The number of nitrogens with zero attached hydrogens (tertiary/aromatic N) is 1. The van der Waals surface area contributed by atoms with Gasteiger partial charge in [-0.2, -0.15) is 0 Å². The molecule has 1 aromatic rings. The van der Waals surface area contributed by atoms with E-state index in [0.717, 1.165) is 4.57 Å². The van der Waals surface area contributed by atoms with Crippen molar-refractivity contribution < 1.29 is 19.7 Å². The topological polar surface area (TPSA) is 122 Å². The minimum absolute atomic E-state index is 0.0615. The Morgan fingerprint density at radius 3 is 2.79 bits per heavy atom. The van der Waals surface area contributed by atoms with Crippen LogP contribution in [-0.2, 0) is 9.53 Å². The number of aliphatic hydroxyl groups excluding tert-OH is 1. The first-order chi connectivity index (χ1) is 8.93. The molecule has 1 fully saturated rings. The molecule has 3 N–H and O–H groups in total. The van der Waals surface area contributed by atoms with Crippen LogP contribution in [0.15, 0.2) is 15.8 Å². The maximum Gasteiger partial charge on any atom is 0.330 e. The number of hydrogen-bond acceptors (Lipinski definition) is 5. The summed E-state index contributed by atoms with van der Waals surface area (Å²) in [7, 11) is 0. The molecule has 2 rings (SSSR count). The molecule has 104 valence electrons. The molecule has 0 unspecified atom stereocenters. The number of carboxylic acid groups (broad SMARTS) is 1. The van der Waals surface area contributed by atoms with E-state index >= 15 is 0 Å². The van der Waals surface area contributed by atoms with E-state index in [2.05, 4.69) is 4.98 Å². The van der Waals surface area contributed by atoms with E-state index in [1.807, 2.05) is 0 Å². The van der Waals surface area contributed by atoms with Gasteiger partial charge in [-0.3, -0.25) is 19.1 Å². The van der Waals surface area contributed by atoms with Crippen molar-refractivity contribution in [2.24, 2.45) is 5.92 Å². The molecule has 3 atom stereocenters. The number of aromatic nitrogens is 2. The molecule has 0 spiro atoms. The minimum Gasteiger partial charge on any atom is -0.481 e. The number of carboxylic acids is 1. The molecular weight excluding hydrogens is 256 g/mol. The number of carbonyl (C=O) groups is 1. The van der Waals surface area contributed by atoms with Gasteiger partial charge >= 0.3 is 11.7 Å². The molecule has 1 aromatic heterocycles. The second-order valence-electron chi connectivity index (χ2n) is 4.47. The van der Waals surface area contributed by atoms with Crippen molar-refractivity contribution in [3.8, 4) is 0 Å². The highest BCUT2D eigenvalue weighted by atomic mass is 16.5. The zero-order chi connectivity index (χ0) is 14.2. The highest BCUT2D eigenvalue weighted by molar-refractivity contribution is 5.71.